The molecule has 0 aromatic heterocycles. The summed E-state index contributed by atoms with van der Waals surface area (Å²) in [4.78, 5) is 11.2. The van der Waals surface area contributed by atoms with E-state index in [0.717, 1.165) is 0 Å². The monoisotopic (exact) mass is 166 g/mol. The van der Waals surface area contributed by atoms with E-state index in [1.54, 1.807) is 6.08 Å². The predicted molar refractivity (Wildman–Crippen MR) is 45.5 cm³/mol. The zero-order valence-electron chi connectivity index (χ0n) is 7.40. The smallest absolute Gasteiger partial charge is 0.158 e. The highest BCUT2D eigenvalue weighted by molar-refractivity contribution is 5.93. The molecule has 0 aromatic rings. The largest absolute Gasteiger partial charge is 0.392 e. The Morgan fingerprint density at radius 3 is 2.75 bits per heavy atom. The van der Waals surface area contributed by atoms with Crippen LogP contribution in [0.15, 0.2) is 12.2 Å². The van der Waals surface area contributed by atoms with Crippen molar-refractivity contribution in [2.45, 2.75) is 20.0 Å². The quantitative estimate of drug-likeness (QED) is 0.583. The molecule has 2 nitrogen and oxygen atoms in total. The number of carbonyl (C=O) groups excluding carboxylic acids is 1. The van der Waals surface area contributed by atoms with Gasteiger partial charge in [-0.25, -0.2) is 0 Å². The van der Waals surface area contributed by atoms with E-state index in [2.05, 4.69) is 0 Å². The van der Waals surface area contributed by atoms with Crippen molar-refractivity contribution in [3.05, 3.63) is 12.2 Å². The summed E-state index contributed by atoms with van der Waals surface area (Å²) in [6, 6.07) is 0. The highest BCUT2D eigenvalue weighted by atomic mass is 16.3. The highest BCUT2D eigenvalue weighted by Crippen LogP contribution is 2.47. The fourth-order valence-corrected chi connectivity index (χ4v) is 2.49. The molecule has 1 N–H and O–H groups in total. The van der Waals surface area contributed by atoms with Gasteiger partial charge in [-0.2, -0.15) is 0 Å². The van der Waals surface area contributed by atoms with Crippen LogP contribution >= 0.6 is 0 Å². The topological polar surface area (TPSA) is 37.3 Å². The summed E-state index contributed by atoms with van der Waals surface area (Å²) < 4.78 is 0. The second-order valence-corrected chi connectivity index (χ2v) is 4.05. The first-order valence-electron chi connectivity index (χ1n) is 4.53. The Balaban J connectivity index is 2.24. The van der Waals surface area contributed by atoms with E-state index < -0.39 is 0 Å². The highest BCUT2D eigenvalue weighted by Gasteiger charge is 2.50. The molecule has 0 radical (unpaired) electrons. The van der Waals surface area contributed by atoms with Crippen LogP contribution in [0.5, 0.6) is 0 Å². The van der Waals surface area contributed by atoms with Gasteiger partial charge < -0.3 is 5.11 Å². The Bertz CT molecular complexity index is 244. The van der Waals surface area contributed by atoms with Gasteiger partial charge in [-0.1, -0.05) is 19.9 Å². The predicted octanol–water partition coefficient (Wildman–Crippen LogP) is 1.00. The normalized spacial score (nSPS) is 51.6. The van der Waals surface area contributed by atoms with Crippen LogP contribution in [-0.2, 0) is 4.79 Å². The minimum atomic E-state index is -0.265. The van der Waals surface area contributed by atoms with E-state index in [4.69, 9.17) is 0 Å². The van der Waals surface area contributed by atoms with Crippen molar-refractivity contribution in [2.24, 2.45) is 23.7 Å². The molecule has 0 aliphatic heterocycles. The third kappa shape index (κ3) is 0.816. The zero-order chi connectivity index (χ0) is 8.88. The maximum Gasteiger partial charge on any atom is 0.158 e. The standard InChI is InChI=1S/C10H14O2/c1-5-7-3-4-8(11)6(2)9(7)10(5)12/h3-7,9-10,12H,1-2H3/t5-,6+,7+,9+,10+/m0/s1. The average Bonchev–Trinajstić information content (AvgIpc) is 2.08. The van der Waals surface area contributed by atoms with Crippen molar-refractivity contribution in [1.82, 2.24) is 0 Å². The van der Waals surface area contributed by atoms with Gasteiger partial charge in [-0.05, 0) is 17.9 Å². The molecule has 2 rings (SSSR count). The van der Waals surface area contributed by atoms with Gasteiger partial charge in [-0.3, -0.25) is 4.79 Å². The van der Waals surface area contributed by atoms with E-state index in [9.17, 15) is 9.90 Å². The number of aliphatic hydroxyl groups is 1. The van der Waals surface area contributed by atoms with E-state index in [1.807, 2.05) is 19.9 Å². The van der Waals surface area contributed by atoms with Crippen LogP contribution in [0.3, 0.4) is 0 Å². The molecule has 2 aliphatic rings. The molecule has 1 saturated carbocycles. The number of hydrogen-bond acceptors (Lipinski definition) is 2. The number of rotatable bonds is 0. The molecule has 0 heterocycles. The fraction of sp³-hybridized carbons (Fsp3) is 0.700. The summed E-state index contributed by atoms with van der Waals surface area (Å²) in [6.45, 7) is 3.96. The molecule has 5 atom stereocenters. The average molecular weight is 166 g/mol. The lowest BCUT2D eigenvalue weighted by atomic mass is 9.56. The van der Waals surface area contributed by atoms with E-state index in [0.29, 0.717) is 11.8 Å². The van der Waals surface area contributed by atoms with Gasteiger partial charge in [0.25, 0.3) is 0 Å². The van der Waals surface area contributed by atoms with Crippen LogP contribution in [0.25, 0.3) is 0 Å². The summed E-state index contributed by atoms with van der Waals surface area (Å²) in [7, 11) is 0. The third-order valence-corrected chi connectivity index (χ3v) is 3.49. The van der Waals surface area contributed by atoms with Crippen molar-refractivity contribution in [1.29, 1.82) is 0 Å². The molecular formula is C10H14O2. The number of aliphatic hydroxyl groups excluding tert-OH is 1. The van der Waals surface area contributed by atoms with Gasteiger partial charge in [-0.15, -0.1) is 0 Å². The molecule has 1 fully saturated rings. The van der Waals surface area contributed by atoms with E-state index in [1.165, 1.54) is 0 Å². The minimum absolute atomic E-state index is 0.0196. The van der Waals surface area contributed by atoms with Crippen LogP contribution in [0, 0.1) is 23.7 Å². The van der Waals surface area contributed by atoms with E-state index >= 15 is 0 Å². The molecule has 0 bridgehead atoms. The molecule has 0 saturated heterocycles. The summed E-state index contributed by atoms with van der Waals surface area (Å²) in [5, 5.41) is 9.61. The first-order valence-corrected chi connectivity index (χ1v) is 4.53. The lowest BCUT2D eigenvalue weighted by Crippen LogP contribution is -2.54. The van der Waals surface area contributed by atoms with Gasteiger partial charge in [0, 0.05) is 11.8 Å². The van der Waals surface area contributed by atoms with Crippen LogP contribution < -0.4 is 0 Å². The molecule has 0 amide bonds. The maximum atomic E-state index is 11.2. The SMILES string of the molecule is C[C@@H]1[C@@H](O)[C@H]2[C@@H]1C=CC(=O)[C@H]2C. The number of carbonyl (C=O) groups is 1. The number of fused-ring (bicyclic) bond motifs is 1. The summed E-state index contributed by atoms with van der Waals surface area (Å²) in [5.41, 5.74) is 0. The van der Waals surface area contributed by atoms with Crippen molar-refractivity contribution in [3.8, 4) is 0 Å². The Morgan fingerprint density at radius 1 is 1.42 bits per heavy atom. The van der Waals surface area contributed by atoms with Gasteiger partial charge in [0.15, 0.2) is 5.78 Å². The first kappa shape index (κ1) is 7.99. The van der Waals surface area contributed by atoms with Crippen LogP contribution in [0.4, 0.5) is 0 Å². The van der Waals surface area contributed by atoms with Gasteiger partial charge in [0.2, 0.25) is 0 Å². The summed E-state index contributed by atoms with van der Waals surface area (Å²) in [6.07, 6.45) is 3.37. The Morgan fingerprint density at radius 2 is 2.08 bits per heavy atom. The minimum Gasteiger partial charge on any atom is -0.392 e. The van der Waals surface area contributed by atoms with Crippen molar-refractivity contribution < 1.29 is 9.90 Å². The molecule has 0 unspecified atom stereocenters. The van der Waals surface area contributed by atoms with Crippen LogP contribution in [0.2, 0.25) is 0 Å². The van der Waals surface area contributed by atoms with Crippen molar-refractivity contribution >= 4 is 5.78 Å². The second kappa shape index (κ2) is 2.43. The molecule has 12 heavy (non-hydrogen) atoms. The first-order chi connectivity index (χ1) is 5.63. The zero-order valence-corrected chi connectivity index (χ0v) is 7.40. The number of allylic oxidation sites excluding steroid dienone is 2. The lowest BCUT2D eigenvalue weighted by Gasteiger charge is -2.50. The number of hydrogen-bond donors (Lipinski definition) is 1. The summed E-state index contributed by atoms with van der Waals surface area (Å²) >= 11 is 0. The van der Waals surface area contributed by atoms with Gasteiger partial charge >= 0.3 is 0 Å². The third-order valence-electron chi connectivity index (χ3n) is 3.49. The summed E-state index contributed by atoms with van der Waals surface area (Å²) in [5.74, 6) is 1.15. The molecule has 0 spiro atoms. The maximum absolute atomic E-state index is 11.2. The van der Waals surface area contributed by atoms with E-state index in [-0.39, 0.29) is 23.7 Å². The Labute approximate surface area is 72.3 Å². The second-order valence-electron chi connectivity index (χ2n) is 4.05. The Kier molecular flexibility index (Phi) is 1.62. The molecule has 2 aliphatic carbocycles. The molecule has 0 aromatic carbocycles. The molecule has 66 valence electrons. The number of ketones is 1. The van der Waals surface area contributed by atoms with Crippen LogP contribution in [-0.4, -0.2) is 17.0 Å². The van der Waals surface area contributed by atoms with Gasteiger partial charge in [0.1, 0.15) is 0 Å². The fourth-order valence-electron chi connectivity index (χ4n) is 2.49. The van der Waals surface area contributed by atoms with Crippen molar-refractivity contribution in [2.75, 3.05) is 0 Å². The lowest BCUT2D eigenvalue weighted by molar-refractivity contribution is -0.137. The van der Waals surface area contributed by atoms with Crippen LogP contribution in [0.1, 0.15) is 13.8 Å². The molecular weight excluding hydrogens is 152 g/mol. The molecule has 2 heteroatoms. The van der Waals surface area contributed by atoms with Crippen molar-refractivity contribution in [3.63, 3.8) is 0 Å². The van der Waals surface area contributed by atoms with Gasteiger partial charge in [0.05, 0.1) is 6.10 Å². The Hall–Kier alpha value is -0.630.